The van der Waals surface area contributed by atoms with Crippen molar-refractivity contribution in [2.24, 2.45) is 0 Å². The van der Waals surface area contributed by atoms with Crippen molar-refractivity contribution in [2.75, 3.05) is 0 Å². The van der Waals surface area contributed by atoms with E-state index >= 15 is 0 Å². The zero-order chi connectivity index (χ0) is 5.66. The Bertz CT molecular complexity index is 77.1. The van der Waals surface area contributed by atoms with Crippen LogP contribution in [0, 0.1) is 0 Å². The second-order valence-electron chi connectivity index (χ2n) is 2.10. The summed E-state index contributed by atoms with van der Waals surface area (Å²) in [5.41, 5.74) is 0. The zero-order valence-electron chi connectivity index (χ0n) is 5.49. The minimum atomic E-state index is 0. The van der Waals surface area contributed by atoms with Crippen LogP contribution in [0.15, 0.2) is 24.3 Å². The number of rotatable bonds is 0. The molecule has 50 valence electrons. The van der Waals surface area contributed by atoms with Crippen molar-refractivity contribution in [3.8, 4) is 0 Å². The van der Waals surface area contributed by atoms with Crippen LogP contribution in [-0.2, 0) is 19.5 Å². The molecule has 1 rings (SSSR count). The topological polar surface area (TPSA) is 0 Å². The first-order valence-electron chi connectivity index (χ1n) is 3.30. The van der Waals surface area contributed by atoms with Gasteiger partial charge in [0.1, 0.15) is 0 Å². The van der Waals surface area contributed by atoms with Gasteiger partial charge < -0.3 is 0 Å². The van der Waals surface area contributed by atoms with Crippen molar-refractivity contribution >= 4 is 0 Å². The van der Waals surface area contributed by atoms with E-state index in [1.807, 2.05) is 0 Å². The number of hydrogen-bond donors (Lipinski definition) is 0. The minimum absolute atomic E-state index is 0. The molecule has 0 spiro atoms. The number of allylic oxidation sites excluding steroid dienone is 4. The molecule has 0 bridgehead atoms. The molecule has 0 aromatic rings. The SMILES string of the molecule is C1=CCCC=CCC1.[Ru+2]. The first kappa shape index (κ1) is 9.10. The van der Waals surface area contributed by atoms with Crippen molar-refractivity contribution in [3.63, 3.8) is 0 Å². The van der Waals surface area contributed by atoms with Crippen LogP contribution in [0.1, 0.15) is 25.7 Å². The van der Waals surface area contributed by atoms with Crippen molar-refractivity contribution in [2.45, 2.75) is 25.7 Å². The Morgan fingerprint density at radius 3 is 1.00 bits per heavy atom. The van der Waals surface area contributed by atoms with E-state index in [1.54, 1.807) is 0 Å². The summed E-state index contributed by atoms with van der Waals surface area (Å²) in [4.78, 5) is 0. The van der Waals surface area contributed by atoms with Crippen molar-refractivity contribution in [1.82, 2.24) is 0 Å². The maximum Gasteiger partial charge on any atom is 2.00 e. The molecule has 1 aliphatic rings. The summed E-state index contributed by atoms with van der Waals surface area (Å²) in [5, 5.41) is 0. The molecule has 9 heavy (non-hydrogen) atoms. The Balaban J connectivity index is 0.000000640. The van der Waals surface area contributed by atoms with Gasteiger partial charge in [-0.3, -0.25) is 0 Å². The van der Waals surface area contributed by atoms with Crippen LogP contribution >= 0.6 is 0 Å². The van der Waals surface area contributed by atoms with Gasteiger partial charge in [0.15, 0.2) is 0 Å². The van der Waals surface area contributed by atoms with E-state index in [9.17, 15) is 0 Å². The van der Waals surface area contributed by atoms with E-state index in [1.165, 1.54) is 25.7 Å². The molecule has 1 aliphatic carbocycles. The second kappa shape index (κ2) is 6.23. The minimum Gasteiger partial charge on any atom is -0.0882 e. The molecule has 0 saturated carbocycles. The van der Waals surface area contributed by atoms with Crippen molar-refractivity contribution < 1.29 is 19.5 Å². The van der Waals surface area contributed by atoms with Gasteiger partial charge in [-0.15, -0.1) is 0 Å². The fourth-order valence-electron chi connectivity index (χ4n) is 0.856. The van der Waals surface area contributed by atoms with Crippen LogP contribution in [0.25, 0.3) is 0 Å². The third-order valence-electron chi connectivity index (χ3n) is 1.33. The molecule has 0 radical (unpaired) electrons. The summed E-state index contributed by atoms with van der Waals surface area (Å²) < 4.78 is 0. The molecular weight excluding hydrogens is 197 g/mol. The van der Waals surface area contributed by atoms with Crippen LogP contribution in [0.4, 0.5) is 0 Å². The van der Waals surface area contributed by atoms with E-state index in [2.05, 4.69) is 24.3 Å². The summed E-state index contributed by atoms with van der Waals surface area (Å²) in [5.74, 6) is 0. The second-order valence-corrected chi connectivity index (χ2v) is 2.10. The Hall–Kier alpha value is 0.103. The largest absolute Gasteiger partial charge is 2.00 e. The standard InChI is InChI=1S/C8H12.Ru/c1-2-4-6-8-7-5-3-1;/h1-2,7-8H,3-6H2;/q;+2. The van der Waals surface area contributed by atoms with Gasteiger partial charge in [-0.05, 0) is 25.7 Å². The van der Waals surface area contributed by atoms with Crippen LogP contribution in [0.5, 0.6) is 0 Å². The maximum atomic E-state index is 2.27. The molecular formula is C8H12Ru+2. The average molecular weight is 209 g/mol. The Morgan fingerprint density at radius 1 is 0.556 bits per heavy atom. The van der Waals surface area contributed by atoms with Crippen molar-refractivity contribution in [1.29, 1.82) is 0 Å². The van der Waals surface area contributed by atoms with Crippen LogP contribution < -0.4 is 0 Å². The first-order chi connectivity index (χ1) is 4.00. The Labute approximate surface area is 69.8 Å². The van der Waals surface area contributed by atoms with Gasteiger partial charge in [0.2, 0.25) is 0 Å². The predicted molar refractivity (Wildman–Crippen MR) is 36.7 cm³/mol. The third kappa shape index (κ3) is 4.60. The van der Waals surface area contributed by atoms with Crippen LogP contribution in [-0.4, -0.2) is 0 Å². The fourth-order valence-corrected chi connectivity index (χ4v) is 0.856. The molecule has 0 heterocycles. The Kier molecular flexibility index (Phi) is 6.30. The molecule has 0 nitrogen and oxygen atoms in total. The van der Waals surface area contributed by atoms with E-state index in [-0.39, 0.29) is 19.5 Å². The van der Waals surface area contributed by atoms with Crippen LogP contribution in [0.2, 0.25) is 0 Å². The summed E-state index contributed by atoms with van der Waals surface area (Å²) in [6.07, 6.45) is 14.0. The van der Waals surface area contributed by atoms with Gasteiger partial charge in [0.25, 0.3) is 0 Å². The van der Waals surface area contributed by atoms with E-state index in [4.69, 9.17) is 0 Å². The molecule has 0 amide bonds. The Morgan fingerprint density at radius 2 is 0.778 bits per heavy atom. The normalized spacial score (nSPS) is 17.8. The third-order valence-corrected chi connectivity index (χ3v) is 1.33. The summed E-state index contributed by atoms with van der Waals surface area (Å²) in [6, 6.07) is 0. The van der Waals surface area contributed by atoms with Crippen LogP contribution in [0.3, 0.4) is 0 Å². The molecule has 1 heteroatoms. The van der Waals surface area contributed by atoms with Gasteiger partial charge in [-0.2, -0.15) is 0 Å². The average Bonchev–Trinajstić information content (AvgIpc) is 1.62. The molecule has 0 aromatic heterocycles. The first-order valence-corrected chi connectivity index (χ1v) is 3.30. The van der Waals surface area contributed by atoms with E-state index in [0.717, 1.165) is 0 Å². The fraction of sp³-hybridized carbons (Fsp3) is 0.500. The quantitative estimate of drug-likeness (QED) is 0.425. The molecule has 0 aliphatic heterocycles. The smallest absolute Gasteiger partial charge is 0.0882 e. The van der Waals surface area contributed by atoms with Gasteiger partial charge in [0.05, 0.1) is 0 Å². The summed E-state index contributed by atoms with van der Waals surface area (Å²) in [6.45, 7) is 0. The molecule has 0 aromatic carbocycles. The van der Waals surface area contributed by atoms with Gasteiger partial charge in [0, 0.05) is 0 Å². The monoisotopic (exact) mass is 210 g/mol. The maximum absolute atomic E-state index is 2.27. The molecule has 0 unspecified atom stereocenters. The van der Waals surface area contributed by atoms with Gasteiger partial charge >= 0.3 is 19.5 Å². The molecule has 0 saturated heterocycles. The zero-order valence-corrected chi connectivity index (χ0v) is 7.23. The summed E-state index contributed by atoms with van der Waals surface area (Å²) in [7, 11) is 0. The molecule has 0 atom stereocenters. The van der Waals surface area contributed by atoms with Gasteiger partial charge in [-0.1, -0.05) is 24.3 Å². The van der Waals surface area contributed by atoms with E-state index in [0.29, 0.717) is 0 Å². The number of hydrogen-bond acceptors (Lipinski definition) is 0. The van der Waals surface area contributed by atoms with Gasteiger partial charge in [-0.25, -0.2) is 0 Å². The van der Waals surface area contributed by atoms with Crippen molar-refractivity contribution in [3.05, 3.63) is 24.3 Å². The van der Waals surface area contributed by atoms with E-state index < -0.39 is 0 Å². The molecule has 0 N–H and O–H groups in total. The predicted octanol–water partition coefficient (Wildman–Crippen LogP) is 2.67. The molecule has 0 fully saturated rings. The summed E-state index contributed by atoms with van der Waals surface area (Å²) >= 11 is 0.